The maximum atomic E-state index is 11.0. The Balaban J connectivity index is 3.58. The van der Waals surface area contributed by atoms with Crippen molar-refractivity contribution in [2.24, 2.45) is 0 Å². The van der Waals surface area contributed by atoms with Crippen LogP contribution in [0.3, 0.4) is 0 Å². The van der Waals surface area contributed by atoms with Crippen LogP contribution in [0.2, 0.25) is 0 Å². The zero-order valence-electron chi connectivity index (χ0n) is 7.28. The molecule has 0 rings (SSSR count). The topological polar surface area (TPSA) is 98.3 Å². The molecular weight excluding hydrogens is 216 g/mol. The summed E-state index contributed by atoms with van der Waals surface area (Å²) >= 11 is -2.31. The Kier molecular flexibility index (Phi) is 6.43. The molecule has 0 aromatic carbocycles. The van der Waals surface area contributed by atoms with Crippen LogP contribution in [-0.4, -0.2) is 36.0 Å². The third-order valence-electron chi connectivity index (χ3n) is 1.17. The molecule has 6 nitrogen and oxygen atoms in total. The first kappa shape index (κ1) is 13.0. The van der Waals surface area contributed by atoms with Crippen molar-refractivity contribution in [1.29, 1.82) is 0 Å². The Hall–Kier alpha value is -0.0200. The van der Waals surface area contributed by atoms with E-state index in [4.69, 9.17) is 0 Å². The number of rotatable bonds is 7. The highest BCUT2D eigenvalue weighted by atomic mass is 32.2. The lowest BCUT2D eigenvalue weighted by Crippen LogP contribution is -2.28. The molecule has 0 spiro atoms. The predicted octanol–water partition coefficient (Wildman–Crippen LogP) is -1.30. The van der Waals surface area contributed by atoms with Crippen LogP contribution in [0.4, 0.5) is 0 Å². The number of hydrogen-bond acceptors (Lipinski definition) is 4. The minimum atomic E-state index is -3.22. The molecule has 0 bridgehead atoms. The highest BCUT2D eigenvalue weighted by molar-refractivity contribution is 7.89. The molecule has 13 heavy (non-hydrogen) atoms. The second kappa shape index (κ2) is 6.44. The van der Waals surface area contributed by atoms with Crippen molar-refractivity contribution in [3.8, 4) is 0 Å². The molecule has 0 aliphatic carbocycles. The van der Waals surface area contributed by atoms with Crippen molar-refractivity contribution in [2.75, 3.05) is 18.8 Å². The van der Waals surface area contributed by atoms with Crippen LogP contribution in [0.25, 0.3) is 0 Å². The Morgan fingerprint density at radius 3 is 2.54 bits per heavy atom. The molecule has 0 aromatic rings. The summed E-state index contributed by atoms with van der Waals surface area (Å²) in [5.74, 6) is -0.0644. The van der Waals surface area contributed by atoms with Crippen molar-refractivity contribution in [3.63, 3.8) is 0 Å². The van der Waals surface area contributed by atoms with Crippen molar-refractivity contribution in [1.82, 2.24) is 9.44 Å². The molecular formula is C5H13N2O4S2-. The van der Waals surface area contributed by atoms with Crippen LogP contribution >= 0.6 is 0 Å². The van der Waals surface area contributed by atoms with E-state index in [0.717, 1.165) is 0 Å². The van der Waals surface area contributed by atoms with Crippen molar-refractivity contribution in [3.05, 3.63) is 0 Å². The molecule has 2 N–H and O–H groups in total. The fourth-order valence-corrected chi connectivity index (χ4v) is 2.13. The summed E-state index contributed by atoms with van der Waals surface area (Å²) in [5, 5.41) is 0. The van der Waals surface area contributed by atoms with Gasteiger partial charge in [-0.1, -0.05) is 6.92 Å². The molecule has 1 unspecified atom stereocenters. The zero-order valence-corrected chi connectivity index (χ0v) is 8.91. The average molecular weight is 229 g/mol. The molecule has 8 heteroatoms. The van der Waals surface area contributed by atoms with Crippen LogP contribution in [0.15, 0.2) is 0 Å². The summed E-state index contributed by atoms with van der Waals surface area (Å²) in [7, 11) is -3.22. The fraction of sp³-hybridized carbons (Fsp3) is 1.00. The quantitative estimate of drug-likeness (QED) is 0.418. The van der Waals surface area contributed by atoms with Gasteiger partial charge in [0.25, 0.3) is 0 Å². The second-order valence-electron chi connectivity index (χ2n) is 2.30. The van der Waals surface area contributed by atoms with E-state index in [-0.39, 0.29) is 18.7 Å². The van der Waals surface area contributed by atoms with Gasteiger partial charge in [-0.3, -0.25) is 4.21 Å². The minimum Gasteiger partial charge on any atom is -0.760 e. The Labute approximate surface area is 80.6 Å². The zero-order chi connectivity index (χ0) is 10.3. The molecule has 1 atom stereocenters. The third-order valence-corrected chi connectivity index (χ3v) is 3.17. The Morgan fingerprint density at radius 1 is 1.46 bits per heavy atom. The summed E-state index contributed by atoms with van der Waals surface area (Å²) in [4.78, 5) is 0. The minimum absolute atomic E-state index is 0.0644. The van der Waals surface area contributed by atoms with E-state index in [1.807, 2.05) is 0 Å². The van der Waals surface area contributed by atoms with Gasteiger partial charge in [0, 0.05) is 24.4 Å². The smallest absolute Gasteiger partial charge is 0.211 e. The standard InChI is InChI=1S/C5H14N2O4S2/c1-2-7-13(10,11)5-3-4-6-12(8)9/h6-7H,2-5H2,1H3,(H,8,9)/p-1. The van der Waals surface area contributed by atoms with Crippen molar-refractivity contribution >= 4 is 21.3 Å². The van der Waals surface area contributed by atoms with Crippen LogP contribution in [0, 0.1) is 0 Å². The van der Waals surface area contributed by atoms with Gasteiger partial charge in [-0.05, 0) is 6.42 Å². The second-order valence-corrected chi connectivity index (χ2v) is 4.98. The lowest BCUT2D eigenvalue weighted by molar-refractivity contribution is 0.521. The molecule has 0 heterocycles. The summed E-state index contributed by atoms with van der Waals surface area (Å²) in [6, 6.07) is 0. The van der Waals surface area contributed by atoms with Crippen LogP contribution in [0.1, 0.15) is 13.3 Å². The number of nitrogens with one attached hydrogen (secondary N) is 2. The summed E-state index contributed by atoms with van der Waals surface area (Å²) in [6.07, 6.45) is 0.267. The van der Waals surface area contributed by atoms with E-state index in [1.165, 1.54) is 0 Å². The Morgan fingerprint density at radius 2 is 2.08 bits per heavy atom. The molecule has 0 aliphatic rings. The maximum absolute atomic E-state index is 11.0. The van der Waals surface area contributed by atoms with Crippen molar-refractivity contribution in [2.45, 2.75) is 13.3 Å². The fourth-order valence-electron chi connectivity index (χ4n) is 0.710. The summed E-state index contributed by atoms with van der Waals surface area (Å²) in [6.45, 7) is 2.17. The van der Waals surface area contributed by atoms with Gasteiger partial charge < -0.3 is 4.55 Å². The number of sulfonamides is 1. The van der Waals surface area contributed by atoms with E-state index in [0.29, 0.717) is 6.54 Å². The van der Waals surface area contributed by atoms with Crippen molar-refractivity contribution < 1.29 is 17.2 Å². The van der Waals surface area contributed by atoms with Crippen LogP contribution in [-0.2, 0) is 21.3 Å². The van der Waals surface area contributed by atoms with E-state index in [9.17, 15) is 17.2 Å². The SMILES string of the molecule is CCNS(=O)(=O)CCCNS(=O)[O-]. The van der Waals surface area contributed by atoms with E-state index >= 15 is 0 Å². The van der Waals surface area contributed by atoms with Gasteiger partial charge in [-0.15, -0.1) is 0 Å². The maximum Gasteiger partial charge on any atom is 0.211 e. The number of hydrogen-bond donors (Lipinski definition) is 2. The Bertz CT molecular complexity index is 251. The predicted molar refractivity (Wildman–Crippen MR) is 49.0 cm³/mol. The first-order chi connectivity index (χ1) is 5.98. The molecule has 80 valence electrons. The largest absolute Gasteiger partial charge is 0.760 e. The van der Waals surface area contributed by atoms with Gasteiger partial charge in [0.1, 0.15) is 0 Å². The molecule has 0 aromatic heterocycles. The summed E-state index contributed by atoms with van der Waals surface area (Å²) in [5.41, 5.74) is 0. The van der Waals surface area contributed by atoms with E-state index in [1.54, 1.807) is 6.92 Å². The van der Waals surface area contributed by atoms with E-state index in [2.05, 4.69) is 9.44 Å². The van der Waals surface area contributed by atoms with Gasteiger partial charge in [0.15, 0.2) is 0 Å². The normalized spacial score (nSPS) is 14.3. The highest BCUT2D eigenvalue weighted by Gasteiger charge is 2.06. The molecule has 0 amide bonds. The third kappa shape index (κ3) is 8.31. The highest BCUT2D eigenvalue weighted by Crippen LogP contribution is 1.87. The van der Waals surface area contributed by atoms with E-state index < -0.39 is 21.3 Å². The first-order valence-electron chi connectivity index (χ1n) is 3.78. The average Bonchev–Trinajstić information content (AvgIpc) is 1.98. The van der Waals surface area contributed by atoms with Gasteiger partial charge in [0.2, 0.25) is 10.0 Å². The monoisotopic (exact) mass is 229 g/mol. The first-order valence-corrected chi connectivity index (χ1v) is 6.50. The van der Waals surface area contributed by atoms with Gasteiger partial charge in [0.05, 0.1) is 5.75 Å². The molecule has 0 fully saturated rings. The van der Waals surface area contributed by atoms with Crippen LogP contribution < -0.4 is 9.44 Å². The molecule has 0 saturated heterocycles. The lowest BCUT2D eigenvalue weighted by Gasteiger charge is -2.07. The van der Waals surface area contributed by atoms with Gasteiger partial charge >= 0.3 is 0 Å². The van der Waals surface area contributed by atoms with Crippen LogP contribution in [0.5, 0.6) is 0 Å². The van der Waals surface area contributed by atoms with Gasteiger partial charge in [-0.2, -0.15) is 0 Å². The summed E-state index contributed by atoms with van der Waals surface area (Å²) < 4.78 is 46.3. The molecule has 0 aliphatic heterocycles. The van der Waals surface area contributed by atoms with Gasteiger partial charge in [-0.25, -0.2) is 17.9 Å². The molecule has 0 saturated carbocycles. The molecule has 0 radical (unpaired) electrons. The lowest BCUT2D eigenvalue weighted by atomic mass is 10.5.